The number of amides is 1. The molecular weight excluding hydrogens is 223 g/mol. The molecule has 0 aliphatic rings. The second-order valence-electron chi connectivity index (χ2n) is 3.12. The lowest BCUT2D eigenvalue weighted by atomic mass is 10.5. The van der Waals surface area contributed by atoms with Gasteiger partial charge in [-0.05, 0) is 25.7 Å². The van der Waals surface area contributed by atoms with Crippen LogP contribution in [0.15, 0.2) is 6.20 Å². The molecule has 1 amide bonds. The van der Waals surface area contributed by atoms with Crippen molar-refractivity contribution in [3.8, 4) is 0 Å². The number of carbonyl (C=O) groups is 1. The summed E-state index contributed by atoms with van der Waals surface area (Å²) in [5, 5.41) is 2.18. The molecule has 1 aromatic rings. The Kier molecular flexibility index (Phi) is 3.93. The molecule has 1 aromatic heterocycles. The highest BCUT2D eigenvalue weighted by atomic mass is 35.5. The molecule has 0 aliphatic carbocycles. The van der Waals surface area contributed by atoms with E-state index in [-0.39, 0.29) is 23.6 Å². The van der Waals surface area contributed by atoms with Crippen LogP contribution >= 0.6 is 11.6 Å². The molecule has 1 heterocycles. The van der Waals surface area contributed by atoms with Crippen LogP contribution in [-0.4, -0.2) is 41.4 Å². The average molecular weight is 233 g/mol. The first kappa shape index (κ1) is 11.8. The van der Waals surface area contributed by atoms with Crippen LogP contribution in [0.4, 0.5) is 10.2 Å². The standard InChI is InChI=1S/C8H10ClFN4O/c1-14(2)4-6(15)12-7-5(10)3-11-8(9)13-7/h3H,4H2,1-2H3,(H,11,12,13,15). The van der Waals surface area contributed by atoms with Crippen LogP contribution in [-0.2, 0) is 4.79 Å². The fourth-order valence-electron chi connectivity index (χ4n) is 0.892. The molecule has 0 unspecified atom stereocenters. The molecule has 82 valence electrons. The van der Waals surface area contributed by atoms with Gasteiger partial charge in [-0.2, -0.15) is 4.98 Å². The van der Waals surface area contributed by atoms with Crippen molar-refractivity contribution in [2.75, 3.05) is 26.0 Å². The van der Waals surface area contributed by atoms with Gasteiger partial charge >= 0.3 is 0 Å². The van der Waals surface area contributed by atoms with Crippen LogP contribution < -0.4 is 5.32 Å². The molecule has 0 atom stereocenters. The van der Waals surface area contributed by atoms with E-state index in [9.17, 15) is 9.18 Å². The van der Waals surface area contributed by atoms with E-state index >= 15 is 0 Å². The van der Waals surface area contributed by atoms with Crippen molar-refractivity contribution in [3.63, 3.8) is 0 Å². The summed E-state index contributed by atoms with van der Waals surface area (Å²) in [4.78, 5) is 19.9. The third kappa shape index (κ3) is 3.77. The van der Waals surface area contributed by atoms with E-state index in [4.69, 9.17) is 11.6 Å². The summed E-state index contributed by atoms with van der Waals surface area (Å²) in [7, 11) is 3.45. The Labute approximate surface area is 91.3 Å². The zero-order valence-electron chi connectivity index (χ0n) is 8.29. The zero-order valence-corrected chi connectivity index (χ0v) is 9.05. The maximum absolute atomic E-state index is 13.1. The van der Waals surface area contributed by atoms with Crippen LogP contribution in [0.1, 0.15) is 0 Å². The van der Waals surface area contributed by atoms with Gasteiger partial charge in [0, 0.05) is 0 Å². The van der Waals surface area contributed by atoms with Gasteiger partial charge in [-0.15, -0.1) is 0 Å². The van der Waals surface area contributed by atoms with Crippen LogP contribution in [0, 0.1) is 5.82 Å². The van der Waals surface area contributed by atoms with Gasteiger partial charge in [-0.1, -0.05) is 0 Å². The number of likely N-dealkylation sites (N-methyl/N-ethyl adjacent to an activating group) is 1. The number of nitrogens with zero attached hydrogens (tertiary/aromatic N) is 3. The minimum Gasteiger partial charge on any atom is -0.307 e. The smallest absolute Gasteiger partial charge is 0.239 e. The van der Waals surface area contributed by atoms with Gasteiger partial charge in [0.15, 0.2) is 11.6 Å². The lowest BCUT2D eigenvalue weighted by Gasteiger charge is -2.09. The fourth-order valence-corrected chi connectivity index (χ4v) is 1.03. The maximum atomic E-state index is 13.1. The Hall–Kier alpha value is -1.27. The predicted octanol–water partition coefficient (Wildman–Crippen LogP) is 0.769. The highest BCUT2D eigenvalue weighted by Gasteiger charge is 2.10. The molecule has 0 aromatic carbocycles. The van der Waals surface area contributed by atoms with Gasteiger partial charge in [0.2, 0.25) is 11.2 Å². The second-order valence-corrected chi connectivity index (χ2v) is 3.46. The largest absolute Gasteiger partial charge is 0.307 e. The highest BCUT2D eigenvalue weighted by molar-refractivity contribution is 6.28. The normalized spacial score (nSPS) is 10.5. The van der Waals surface area contributed by atoms with Gasteiger partial charge in [0.1, 0.15) is 0 Å². The minimum absolute atomic E-state index is 0.114. The van der Waals surface area contributed by atoms with Crippen molar-refractivity contribution in [1.29, 1.82) is 0 Å². The molecule has 1 N–H and O–H groups in total. The van der Waals surface area contributed by atoms with Gasteiger partial charge in [0.25, 0.3) is 0 Å². The van der Waals surface area contributed by atoms with Gasteiger partial charge in [0.05, 0.1) is 12.7 Å². The fraction of sp³-hybridized carbons (Fsp3) is 0.375. The molecule has 0 saturated heterocycles. The average Bonchev–Trinajstić information content (AvgIpc) is 2.10. The molecule has 0 radical (unpaired) electrons. The summed E-state index contributed by atoms with van der Waals surface area (Å²) in [6.07, 6.45) is 0.903. The summed E-state index contributed by atoms with van der Waals surface area (Å²) in [6.45, 7) is 0.140. The number of hydrogen-bond acceptors (Lipinski definition) is 4. The number of aromatic nitrogens is 2. The van der Waals surface area contributed by atoms with Crippen molar-refractivity contribution in [2.45, 2.75) is 0 Å². The van der Waals surface area contributed by atoms with Gasteiger partial charge in [-0.3, -0.25) is 4.79 Å². The first-order valence-electron chi connectivity index (χ1n) is 4.11. The Morgan fingerprint density at radius 3 is 2.93 bits per heavy atom. The molecular formula is C8H10ClFN4O. The van der Waals surface area contributed by atoms with Crippen molar-refractivity contribution in [3.05, 3.63) is 17.3 Å². The van der Waals surface area contributed by atoms with E-state index in [0.717, 1.165) is 6.20 Å². The lowest BCUT2D eigenvalue weighted by Crippen LogP contribution is -2.27. The van der Waals surface area contributed by atoms with E-state index in [1.165, 1.54) is 0 Å². The van der Waals surface area contributed by atoms with Crippen molar-refractivity contribution < 1.29 is 9.18 Å². The van der Waals surface area contributed by atoms with E-state index < -0.39 is 5.82 Å². The number of hydrogen-bond donors (Lipinski definition) is 1. The van der Waals surface area contributed by atoms with E-state index in [0.29, 0.717) is 0 Å². The summed E-state index contributed by atoms with van der Waals surface area (Å²) in [5.74, 6) is -1.29. The molecule has 1 rings (SSSR count). The van der Waals surface area contributed by atoms with Gasteiger partial charge in [-0.25, -0.2) is 9.37 Å². The minimum atomic E-state index is -0.716. The summed E-state index contributed by atoms with van der Waals surface area (Å²) in [5.41, 5.74) is 0. The number of halogens is 2. The van der Waals surface area contributed by atoms with E-state index in [2.05, 4.69) is 15.3 Å². The first-order valence-corrected chi connectivity index (χ1v) is 4.49. The summed E-state index contributed by atoms with van der Waals surface area (Å²) >= 11 is 5.46. The third-order valence-corrected chi connectivity index (χ3v) is 1.61. The lowest BCUT2D eigenvalue weighted by molar-refractivity contribution is -0.116. The van der Waals surface area contributed by atoms with Crippen LogP contribution in [0.3, 0.4) is 0 Å². The molecule has 15 heavy (non-hydrogen) atoms. The van der Waals surface area contributed by atoms with E-state index in [1.807, 2.05) is 0 Å². The van der Waals surface area contributed by atoms with Crippen molar-refractivity contribution in [2.24, 2.45) is 0 Å². The second kappa shape index (κ2) is 4.99. The first-order chi connectivity index (χ1) is 6.99. The summed E-state index contributed by atoms with van der Waals surface area (Å²) in [6, 6.07) is 0. The Morgan fingerprint density at radius 2 is 2.33 bits per heavy atom. The predicted molar refractivity (Wildman–Crippen MR) is 54.2 cm³/mol. The number of rotatable bonds is 3. The zero-order chi connectivity index (χ0) is 11.4. The quantitative estimate of drug-likeness (QED) is 0.782. The molecule has 5 nitrogen and oxygen atoms in total. The SMILES string of the molecule is CN(C)CC(=O)Nc1nc(Cl)ncc1F. The molecule has 0 saturated carbocycles. The van der Waals surface area contributed by atoms with E-state index in [1.54, 1.807) is 19.0 Å². The van der Waals surface area contributed by atoms with Crippen LogP contribution in [0.5, 0.6) is 0 Å². The monoisotopic (exact) mass is 232 g/mol. The Bertz CT molecular complexity index is 372. The van der Waals surface area contributed by atoms with Gasteiger partial charge < -0.3 is 10.2 Å². The van der Waals surface area contributed by atoms with Crippen LogP contribution in [0.25, 0.3) is 0 Å². The molecule has 0 spiro atoms. The molecule has 0 aliphatic heterocycles. The number of nitrogens with one attached hydrogen (secondary N) is 1. The molecule has 7 heteroatoms. The van der Waals surface area contributed by atoms with Crippen molar-refractivity contribution in [1.82, 2.24) is 14.9 Å². The topological polar surface area (TPSA) is 58.1 Å². The Balaban J connectivity index is 2.71. The summed E-state index contributed by atoms with van der Waals surface area (Å²) < 4.78 is 13.1. The maximum Gasteiger partial charge on any atom is 0.239 e. The molecule has 0 bridgehead atoms. The third-order valence-electron chi connectivity index (χ3n) is 1.43. The Morgan fingerprint density at radius 1 is 1.67 bits per heavy atom. The number of anilines is 1. The highest BCUT2D eigenvalue weighted by Crippen LogP contribution is 2.11. The van der Waals surface area contributed by atoms with Crippen molar-refractivity contribution >= 4 is 23.3 Å². The molecule has 0 fully saturated rings. The van der Waals surface area contributed by atoms with Crippen LogP contribution in [0.2, 0.25) is 5.28 Å². The number of carbonyl (C=O) groups excluding carboxylic acids is 1.